The number of aromatic hydroxyl groups is 1. The second-order valence-electron chi connectivity index (χ2n) is 27.1. The number of hydrogen-bond donors (Lipinski definition) is 3. The van der Waals surface area contributed by atoms with Crippen LogP contribution in [0.3, 0.4) is 0 Å². The molecule has 8 bridgehead atoms. The maximum Gasteiger partial charge on any atom is 0.141 e. The van der Waals surface area contributed by atoms with Crippen molar-refractivity contribution < 1.29 is 5.11 Å². The fourth-order valence-corrected chi connectivity index (χ4v) is 10.4. The van der Waals surface area contributed by atoms with E-state index in [0.29, 0.717) is 5.52 Å². The van der Waals surface area contributed by atoms with Crippen LogP contribution in [0.25, 0.3) is 90.9 Å². The summed E-state index contributed by atoms with van der Waals surface area (Å²) in [6.07, 6.45) is 8.62. The van der Waals surface area contributed by atoms with Crippen molar-refractivity contribution >= 4 is 69.0 Å². The lowest BCUT2D eigenvalue weighted by Crippen LogP contribution is -2.16. The Morgan fingerprint density at radius 1 is 0.338 bits per heavy atom. The molecule has 0 unspecified atom stereocenters. The molecule has 74 heavy (non-hydrogen) atoms. The molecule has 5 heterocycles. The number of aromatic amines is 2. The van der Waals surface area contributed by atoms with Crippen LogP contribution in [0, 0.1) is 3.57 Å². The summed E-state index contributed by atoms with van der Waals surface area (Å²) in [5, 5.41) is 12.5. The van der Waals surface area contributed by atoms with E-state index in [9.17, 15) is 5.11 Å². The second-order valence-corrected chi connectivity index (χ2v) is 28.3. The van der Waals surface area contributed by atoms with Gasteiger partial charge in [-0.3, -0.25) is 0 Å². The van der Waals surface area contributed by atoms with Gasteiger partial charge in [0.1, 0.15) is 5.75 Å². The number of nitrogens with one attached hydrogen (secondary N) is 2. The molecule has 0 aliphatic carbocycles. The first-order chi connectivity index (χ1) is 34.2. The quantitative estimate of drug-likeness (QED) is 0.154. The van der Waals surface area contributed by atoms with E-state index in [1.165, 1.54) is 33.4 Å². The fraction of sp³-hybridized carbons (Fsp3) is 0.353. The van der Waals surface area contributed by atoms with Gasteiger partial charge in [-0.15, -0.1) is 0 Å². The van der Waals surface area contributed by atoms with Crippen LogP contribution in [-0.2, 0) is 32.5 Å². The molecule has 0 amide bonds. The smallest absolute Gasteiger partial charge is 0.141 e. The fourth-order valence-electron chi connectivity index (χ4n) is 10.0. The Labute approximate surface area is 455 Å². The van der Waals surface area contributed by atoms with Crippen molar-refractivity contribution in [3.8, 4) is 50.3 Å². The highest BCUT2D eigenvalue weighted by atomic mass is 127. The summed E-state index contributed by atoms with van der Waals surface area (Å²) in [6, 6.07) is 36.1. The number of aromatic nitrogens is 4. The van der Waals surface area contributed by atoms with Crippen LogP contribution in [0.5, 0.6) is 5.75 Å². The van der Waals surface area contributed by atoms with Gasteiger partial charge in [0.25, 0.3) is 0 Å². The third-order valence-electron chi connectivity index (χ3n) is 14.8. The summed E-state index contributed by atoms with van der Waals surface area (Å²) < 4.78 is 1.12. The van der Waals surface area contributed by atoms with Crippen molar-refractivity contribution in [3.05, 3.63) is 157 Å². The van der Waals surface area contributed by atoms with Crippen LogP contribution in [0.2, 0.25) is 0 Å². The molecule has 0 radical (unpaired) electrons. The minimum Gasteiger partial charge on any atom is -0.506 e. The molecule has 5 nitrogen and oxygen atoms in total. The summed E-state index contributed by atoms with van der Waals surface area (Å²) in [6.45, 7) is 41.2. The predicted octanol–water partition coefficient (Wildman–Crippen LogP) is 19.4. The zero-order valence-corrected chi connectivity index (χ0v) is 49.4. The normalized spacial score (nSPS) is 13.6. The van der Waals surface area contributed by atoms with E-state index in [-0.39, 0.29) is 38.2 Å². The van der Waals surface area contributed by atoms with Gasteiger partial charge in [0.05, 0.1) is 33.8 Å². The zero-order valence-electron chi connectivity index (χ0n) is 47.3. The Bertz CT molecular complexity index is 3510. The second kappa shape index (κ2) is 18.4. The van der Waals surface area contributed by atoms with E-state index in [0.717, 1.165) is 87.4 Å². The first-order valence-electron chi connectivity index (χ1n) is 26.4. The Morgan fingerprint density at radius 3 is 0.946 bits per heavy atom. The van der Waals surface area contributed by atoms with E-state index in [4.69, 9.17) is 9.97 Å². The first kappa shape index (κ1) is 52.9. The standard InChI is InChI=1S/C68H77IN4O/c1-63(2,3)43-29-40(30-44(35-43)64(4,5)6)58-50-23-24-51(70-50)59(41-31-45(65(7,8)9)36-46(32-41)66(10,11)12)53-27-28-55(72-53)61(39-19-21-49(69)22-20-39)62-57(74)38-56(73-62)60(54-26-25-52(58)71-54)42-33-47(67(13,14)15)37-48(34-42)68(16,17)18/h19-38,70,73-74H,1-18H3. The van der Waals surface area contributed by atoms with E-state index in [2.05, 4.69) is 272 Å². The Hall–Kier alpha value is -5.99. The molecule has 0 saturated carbocycles. The van der Waals surface area contributed by atoms with Crippen molar-refractivity contribution in [2.45, 2.75) is 157 Å². The maximum atomic E-state index is 12.5. The van der Waals surface area contributed by atoms with Crippen LogP contribution in [-0.4, -0.2) is 25.0 Å². The molecule has 4 aromatic carbocycles. The van der Waals surface area contributed by atoms with Crippen LogP contribution >= 0.6 is 22.6 Å². The van der Waals surface area contributed by atoms with Gasteiger partial charge in [-0.05, 0) is 159 Å². The van der Waals surface area contributed by atoms with Crippen LogP contribution in [0.1, 0.15) is 181 Å². The minimum atomic E-state index is -0.136. The summed E-state index contributed by atoms with van der Waals surface area (Å²) in [5.74, 6) is 0.140. The molecule has 9 rings (SSSR count). The monoisotopic (exact) mass is 1090 g/mol. The van der Waals surface area contributed by atoms with Crippen molar-refractivity contribution in [2.75, 3.05) is 0 Å². The zero-order chi connectivity index (χ0) is 53.8. The third-order valence-corrected chi connectivity index (χ3v) is 15.6. The number of H-pyrrole nitrogens is 2. The van der Waals surface area contributed by atoms with Gasteiger partial charge in [-0.1, -0.05) is 191 Å². The summed E-state index contributed by atoms with van der Waals surface area (Å²) in [7, 11) is 0. The molecule has 0 fully saturated rings. The minimum absolute atomic E-state index is 0.113. The molecular weight excluding hydrogens is 1020 g/mol. The van der Waals surface area contributed by atoms with Crippen molar-refractivity contribution in [1.29, 1.82) is 0 Å². The first-order valence-corrected chi connectivity index (χ1v) is 27.5. The average molecular weight is 1090 g/mol. The molecule has 3 aromatic heterocycles. The molecule has 7 aromatic rings. The van der Waals surface area contributed by atoms with Crippen molar-refractivity contribution in [3.63, 3.8) is 0 Å². The molecule has 0 atom stereocenters. The van der Waals surface area contributed by atoms with E-state index >= 15 is 0 Å². The van der Waals surface area contributed by atoms with Gasteiger partial charge in [0, 0.05) is 42.9 Å². The van der Waals surface area contributed by atoms with Crippen molar-refractivity contribution in [1.82, 2.24) is 19.9 Å². The summed E-state index contributed by atoms with van der Waals surface area (Å²) in [5.41, 5.74) is 21.2. The lowest BCUT2D eigenvalue weighted by molar-refractivity contribution is 0.482. The topological polar surface area (TPSA) is 77.6 Å². The molecule has 0 spiro atoms. The highest BCUT2D eigenvalue weighted by Crippen LogP contribution is 2.45. The Kier molecular flexibility index (Phi) is 13.1. The molecule has 6 heteroatoms. The van der Waals surface area contributed by atoms with Crippen LogP contribution in [0.4, 0.5) is 0 Å². The van der Waals surface area contributed by atoms with Crippen LogP contribution < -0.4 is 0 Å². The van der Waals surface area contributed by atoms with Gasteiger partial charge < -0.3 is 15.1 Å². The highest BCUT2D eigenvalue weighted by Gasteiger charge is 2.28. The molecule has 382 valence electrons. The number of hydrogen-bond acceptors (Lipinski definition) is 3. The van der Waals surface area contributed by atoms with Gasteiger partial charge in [0.2, 0.25) is 0 Å². The van der Waals surface area contributed by atoms with Gasteiger partial charge in [0.15, 0.2) is 0 Å². The van der Waals surface area contributed by atoms with Crippen LogP contribution in [0.15, 0.2) is 97.1 Å². The lowest BCUT2D eigenvalue weighted by atomic mass is 9.78. The number of benzene rings is 4. The third kappa shape index (κ3) is 10.5. The molecule has 3 N–H and O–H groups in total. The van der Waals surface area contributed by atoms with E-state index in [1.54, 1.807) is 0 Å². The average Bonchev–Trinajstić information content (AvgIpc) is 4.13. The summed E-state index contributed by atoms with van der Waals surface area (Å²) in [4.78, 5) is 19.3. The maximum absolute atomic E-state index is 12.5. The number of halogens is 1. The number of nitrogens with zero attached hydrogens (tertiary/aromatic N) is 2. The summed E-state index contributed by atoms with van der Waals surface area (Å²) >= 11 is 2.36. The molecule has 2 aliphatic rings. The van der Waals surface area contributed by atoms with Crippen molar-refractivity contribution in [2.24, 2.45) is 0 Å². The largest absolute Gasteiger partial charge is 0.506 e. The number of rotatable bonds is 4. The lowest BCUT2D eigenvalue weighted by Gasteiger charge is -2.26. The Morgan fingerprint density at radius 2 is 0.635 bits per heavy atom. The predicted molar refractivity (Wildman–Crippen MR) is 327 cm³/mol. The molecular formula is C68H77IN4O. The Balaban J connectivity index is 1.54. The number of fused-ring (bicyclic) bond motifs is 8. The van der Waals surface area contributed by atoms with E-state index < -0.39 is 0 Å². The van der Waals surface area contributed by atoms with Gasteiger partial charge in [-0.2, -0.15) is 0 Å². The molecule has 0 saturated heterocycles. The highest BCUT2D eigenvalue weighted by molar-refractivity contribution is 14.1. The van der Waals surface area contributed by atoms with Gasteiger partial charge >= 0.3 is 0 Å². The molecule has 2 aliphatic heterocycles. The van der Waals surface area contributed by atoms with Gasteiger partial charge in [-0.25, -0.2) is 9.97 Å². The van der Waals surface area contributed by atoms with E-state index in [1.807, 2.05) is 6.07 Å². The SMILES string of the molecule is CC(C)(C)c1cc(-c2c3nc(c(-c4cc(C(C)(C)C)cc(C(C)(C)C)c4)c4cc(O)c([nH]4)c(-c4ccc(I)cc4)c4nc(c(-c5cc(C(C)(C)C)cc(C(C)(C)C)c5)c5ccc2[nH]5)C=C4)C=C3)cc(C(C)(C)C)c1.